The first-order chi connectivity index (χ1) is 16.2. The first-order valence-corrected chi connectivity index (χ1v) is 11.9. The van der Waals surface area contributed by atoms with Gasteiger partial charge < -0.3 is 10.2 Å². The SMILES string of the molecule is CS(=O)(=O)NCCC(c1ccc(-c2nnc(C(F)F)o2)cc1)c1cn(-c2ccc(N)nc2)nn1. The molecule has 0 saturated heterocycles. The Hall–Kier alpha value is -3.78. The molecule has 0 spiro atoms. The van der Waals surface area contributed by atoms with Crippen molar-refractivity contribution >= 4 is 15.8 Å². The van der Waals surface area contributed by atoms with E-state index >= 15 is 0 Å². The summed E-state index contributed by atoms with van der Waals surface area (Å²) >= 11 is 0. The van der Waals surface area contributed by atoms with E-state index in [0.717, 1.165) is 11.8 Å². The van der Waals surface area contributed by atoms with E-state index in [9.17, 15) is 17.2 Å². The molecule has 34 heavy (non-hydrogen) atoms. The van der Waals surface area contributed by atoms with Crippen LogP contribution < -0.4 is 10.5 Å². The number of nitrogen functional groups attached to an aromatic ring is 1. The van der Waals surface area contributed by atoms with Gasteiger partial charge in [0.1, 0.15) is 5.82 Å². The van der Waals surface area contributed by atoms with Crippen LogP contribution in [0.25, 0.3) is 17.1 Å². The van der Waals surface area contributed by atoms with E-state index in [2.05, 4.69) is 30.2 Å². The second-order valence-corrected chi connectivity index (χ2v) is 9.24. The third-order valence-electron chi connectivity index (χ3n) is 4.89. The molecule has 0 aliphatic carbocycles. The molecule has 0 aliphatic heterocycles. The van der Waals surface area contributed by atoms with E-state index in [-0.39, 0.29) is 18.4 Å². The Morgan fingerprint density at radius 3 is 2.50 bits per heavy atom. The van der Waals surface area contributed by atoms with E-state index in [4.69, 9.17) is 10.2 Å². The molecule has 1 aromatic carbocycles. The number of nitrogens with two attached hydrogens (primary N) is 1. The smallest absolute Gasteiger partial charge is 0.314 e. The zero-order chi connectivity index (χ0) is 24.3. The molecule has 4 aromatic rings. The molecule has 178 valence electrons. The molecule has 3 heterocycles. The summed E-state index contributed by atoms with van der Waals surface area (Å²) in [6.45, 7) is 0.170. The predicted molar refractivity (Wildman–Crippen MR) is 118 cm³/mol. The van der Waals surface area contributed by atoms with Gasteiger partial charge in [0.25, 0.3) is 5.89 Å². The van der Waals surface area contributed by atoms with Crippen molar-refractivity contribution in [3.05, 3.63) is 65.9 Å². The van der Waals surface area contributed by atoms with Crippen LogP contribution in [0.15, 0.2) is 53.2 Å². The van der Waals surface area contributed by atoms with Crippen LogP contribution in [0.1, 0.15) is 35.9 Å². The minimum absolute atomic E-state index is 0.0288. The topological polar surface area (TPSA) is 155 Å². The summed E-state index contributed by atoms with van der Waals surface area (Å²) in [5.41, 5.74) is 8.15. The van der Waals surface area contributed by atoms with Crippen molar-refractivity contribution in [2.45, 2.75) is 18.8 Å². The van der Waals surface area contributed by atoms with Crippen molar-refractivity contribution < 1.29 is 21.6 Å². The van der Waals surface area contributed by atoms with Crippen LogP contribution in [0, 0.1) is 0 Å². The molecule has 0 aliphatic rings. The predicted octanol–water partition coefficient (Wildman–Crippen LogP) is 2.30. The highest BCUT2D eigenvalue weighted by atomic mass is 32.2. The van der Waals surface area contributed by atoms with E-state index in [1.807, 2.05) is 0 Å². The monoisotopic (exact) mass is 490 g/mol. The minimum Gasteiger partial charge on any atom is -0.415 e. The lowest BCUT2D eigenvalue weighted by Crippen LogP contribution is -2.24. The van der Waals surface area contributed by atoms with E-state index in [0.29, 0.717) is 29.2 Å². The van der Waals surface area contributed by atoms with Gasteiger partial charge in [-0.15, -0.1) is 15.3 Å². The second-order valence-electron chi connectivity index (χ2n) is 7.41. The van der Waals surface area contributed by atoms with Crippen LogP contribution in [-0.4, -0.2) is 51.4 Å². The molecular formula is C20H20F2N8O3S. The van der Waals surface area contributed by atoms with Crippen LogP contribution in [0.2, 0.25) is 0 Å². The number of alkyl halides is 2. The summed E-state index contributed by atoms with van der Waals surface area (Å²) in [4.78, 5) is 4.04. The van der Waals surface area contributed by atoms with Crippen molar-refractivity contribution in [2.24, 2.45) is 0 Å². The number of rotatable bonds is 9. The van der Waals surface area contributed by atoms with E-state index in [1.54, 1.807) is 48.8 Å². The molecule has 3 N–H and O–H groups in total. The van der Waals surface area contributed by atoms with Gasteiger partial charge in [-0.05, 0) is 36.2 Å². The van der Waals surface area contributed by atoms with Gasteiger partial charge in [0.15, 0.2) is 0 Å². The van der Waals surface area contributed by atoms with Gasteiger partial charge in [0, 0.05) is 18.0 Å². The van der Waals surface area contributed by atoms with Crippen LogP contribution in [0.4, 0.5) is 14.6 Å². The number of hydrogen-bond donors (Lipinski definition) is 2. The zero-order valence-corrected chi connectivity index (χ0v) is 18.7. The number of halogens is 2. The Kier molecular flexibility index (Phi) is 6.61. The molecular weight excluding hydrogens is 470 g/mol. The lowest BCUT2D eigenvalue weighted by molar-refractivity contribution is 0.116. The van der Waals surface area contributed by atoms with Gasteiger partial charge in [-0.3, -0.25) is 0 Å². The Morgan fingerprint density at radius 2 is 1.88 bits per heavy atom. The third-order valence-corrected chi connectivity index (χ3v) is 5.62. The molecule has 1 atom stereocenters. The Bertz CT molecular complexity index is 1360. The molecule has 3 aromatic heterocycles. The van der Waals surface area contributed by atoms with E-state index < -0.39 is 22.3 Å². The first kappa shape index (κ1) is 23.4. The molecule has 0 bridgehead atoms. The van der Waals surface area contributed by atoms with Crippen molar-refractivity contribution in [2.75, 3.05) is 18.5 Å². The third kappa shape index (κ3) is 5.58. The summed E-state index contributed by atoms with van der Waals surface area (Å²) in [5.74, 6) is -0.731. The normalized spacial score (nSPS) is 12.8. The largest absolute Gasteiger partial charge is 0.415 e. The first-order valence-electron chi connectivity index (χ1n) is 10.0. The van der Waals surface area contributed by atoms with Gasteiger partial charge in [-0.25, -0.2) is 22.8 Å². The fraction of sp³-hybridized carbons (Fsp3) is 0.250. The number of nitrogens with one attached hydrogen (secondary N) is 1. The summed E-state index contributed by atoms with van der Waals surface area (Å²) in [5, 5.41) is 15.4. The van der Waals surface area contributed by atoms with Crippen LogP contribution in [0.3, 0.4) is 0 Å². The molecule has 0 fully saturated rings. The highest BCUT2D eigenvalue weighted by Crippen LogP contribution is 2.29. The molecule has 14 heteroatoms. The molecule has 0 radical (unpaired) electrons. The van der Waals surface area contributed by atoms with Crippen molar-refractivity contribution in [1.29, 1.82) is 0 Å². The van der Waals surface area contributed by atoms with Crippen molar-refractivity contribution in [3.63, 3.8) is 0 Å². The second kappa shape index (κ2) is 9.61. The summed E-state index contributed by atoms with van der Waals surface area (Å²) in [6, 6.07) is 10.2. The lowest BCUT2D eigenvalue weighted by Gasteiger charge is -2.15. The Labute approximate surface area is 193 Å². The standard InChI is InChI=1S/C20H20F2N8O3S/c1-34(31,32)25-9-8-15(16-11-30(29-26-16)14-6-7-17(23)24-10-14)12-2-4-13(5-3-12)19-27-28-20(33-19)18(21)22/h2-7,10-11,15,18,25H,8-9H2,1H3,(H2,23,24). The maximum atomic E-state index is 12.7. The maximum absolute atomic E-state index is 12.7. The Morgan fingerprint density at radius 1 is 1.12 bits per heavy atom. The number of nitrogens with zero attached hydrogens (tertiary/aromatic N) is 6. The number of sulfonamides is 1. The number of pyridine rings is 1. The van der Waals surface area contributed by atoms with E-state index in [1.165, 1.54) is 4.68 Å². The van der Waals surface area contributed by atoms with Gasteiger partial charge >= 0.3 is 6.43 Å². The summed E-state index contributed by atoms with van der Waals surface area (Å²) in [7, 11) is -3.37. The average Bonchev–Trinajstić information content (AvgIpc) is 3.47. The van der Waals surface area contributed by atoms with Gasteiger partial charge in [0.05, 0.1) is 30.0 Å². The molecule has 0 amide bonds. The van der Waals surface area contributed by atoms with Crippen molar-refractivity contribution in [3.8, 4) is 17.1 Å². The zero-order valence-electron chi connectivity index (χ0n) is 17.8. The fourth-order valence-electron chi connectivity index (χ4n) is 3.27. The highest BCUT2D eigenvalue weighted by molar-refractivity contribution is 7.88. The minimum atomic E-state index is -3.37. The summed E-state index contributed by atoms with van der Waals surface area (Å²) < 4.78 is 57.5. The van der Waals surface area contributed by atoms with Gasteiger partial charge in [-0.1, -0.05) is 17.3 Å². The fourth-order valence-corrected chi connectivity index (χ4v) is 3.76. The van der Waals surface area contributed by atoms with Crippen molar-refractivity contribution in [1.82, 2.24) is 34.9 Å². The number of aromatic nitrogens is 6. The Balaban J connectivity index is 1.61. The summed E-state index contributed by atoms with van der Waals surface area (Å²) in [6.07, 6.45) is 1.89. The van der Waals surface area contributed by atoms with Crippen LogP contribution >= 0.6 is 0 Å². The number of benzene rings is 1. The number of anilines is 1. The van der Waals surface area contributed by atoms with Gasteiger partial charge in [0.2, 0.25) is 15.9 Å². The molecule has 4 rings (SSSR count). The molecule has 0 saturated carbocycles. The average molecular weight is 490 g/mol. The molecule has 11 nitrogen and oxygen atoms in total. The van der Waals surface area contributed by atoms with Crippen LogP contribution in [0.5, 0.6) is 0 Å². The number of hydrogen-bond acceptors (Lipinski definition) is 9. The molecule has 1 unspecified atom stereocenters. The maximum Gasteiger partial charge on any atom is 0.314 e. The quantitative estimate of drug-likeness (QED) is 0.359. The van der Waals surface area contributed by atoms with Crippen LogP contribution in [-0.2, 0) is 10.0 Å². The van der Waals surface area contributed by atoms with Gasteiger partial charge in [-0.2, -0.15) is 8.78 Å². The lowest BCUT2D eigenvalue weighted by atomic mass is 9.92. The highest BCUT2D eigenvalue weighted by Gasteiger charge is 2.21.